The van der Waals surface area contributed by atoms with Gasteiger partial charge in [0.1, 0.15) is 0 Å². The number of rotatable bonds is 5. The zero-order valence-electron chi connectivity index (χ0n) is 10.1. The summed E-state index contributed by atoms with van der Waals surface area (Å²) in [4.78, 5) is 11.4. The van der Waals surface area contributed by atoms with Crippen molar-refractivity contribution in [3.63, 3.8) is 0 Å². The highest BCUT2D eigenvalue weighted by molar-refractivity contribution is 5.88. The molecule has 0 aromatic carbocycles. The highest BCUT2D eigenvalue weighted by Gasteiger charge is 2.20. The predicted molar refractivity (Wildman–Crippen MR) is 56.9 cm³/mol. The summed E-state index contributed by atoms with van der Waals surface area (Å²) in [5, 5.41) is 7.75. The molecule has 0 fully saturated rings. The predicted octanol–water partition coefficient (Wildman–Crippen LogP) is 0.867. The van der Waals surface area contributed by atoms with Crippen molar-refractivity contribution in [2.24, 2.45) is 5.92 Å². The Morgan fingerprint density at radius 3 is 2.62 bits per heavy atom. The molecule has 0 N–H and O–H groups in total. The summed E-state index contributed by atoms with van der Waals surface area (Å²) in [5.74, 6) is -0.0649. The summed E-state index contributed by atoms with van der Waals surface area (Å²) in [7, 11) is 2.88. The highest BCUT2D eigenvalue weighted by Crippen LogP contribution is 2.10. The van der Waals surface area contributed by atoms with Crippen molar-refractivity contribution < 1.29 is 14.3 Å². The van der Waals surface area contributed by atoms with Gasteiger partial charge in [0.2, 0.25) is 0 Å². The molecular formula is C10H17N3O3. The number of aromatic nitrogens is 3. The van der Waals surface area contributed by atoms with Crippen molar-refractivity contribution >= 4 is 5.97 Å². The van der Waals surface area contributed by atoms with E-state index in [0.717, 1.165) is 0 Å². The van der Waals surface area contributed by atoms with E-state index in [1.54, 1.807) is 11.8 Å². The quantitative estimate of drug-likeness (QED) is 0.698. The van der Waals surface area contributed by atoms with Crippen LogP contribution in [-0.2, 0) is 22.6 Å². The van der Waals surface area contributed by atoms with E-state index < -0.39 is 5.97 Å². The van der Waals surface area contributed by atoms with E-state index in [1.165, 1.54) is 7.11 Å². The third-order valence-corrected chi connectivity index (χ3v) is 2.04. The Morgan fingerprint density at radius 2 is 2.12 bits per heavy atom. The molecule has 1 heterocycles. The minimum atomic E-state index is -0.484. The molecule has 1 rings (SSSR count). The molecule has 6 nitrogen and oxygen atoms in total. The molecule has 0 radical (unpaired) electrons. The zero-order chi connectivity index (χ0) is 12.1. The maximum atomic E-state index is 11.4. The average Bonchev–Trinajstić information content (AvgIpc) is 2.61. The lowest BCUT2D eigenvalue weighted by atomic mass is 10.2. The van der Waals surface area contributed by atoms with Crippen LogP contribution in [0.1, 0.15) is 30.0 Å². The molecular weight excluding hydrogens is 210 g/mol. The number of hydrogen-bond acceptors (Lipinski definition) is 5. The molecule has 0 saturated heterocycles. The molecule has 0 unspecified atom stereocenters. The minimum absolute atomic E-state index is 0.227. The first kappa shape index (κ1) is 12.6. The van der Waals surface area contributed by atoms with Gasteiger partial charge in [-0.2, -0.15) is 0 Å². The zero-order valence-corrected chi connectivity index (χ0v) is 10.1. The summed E-state index contributed by atoms with van der Waals surface area (Å²) in [5.41, 5.74) is 0.882. The molecule has 0 aliphatic heterocycles. The highest BCUT2D eigenvalue weighted by atomic mass is 16.5. The number of methoxy groups -OCH3 is 2. The van der Waals surface area contributed by atoms with E-state index in [9.17, 15) is 4.79 Å². The van der Waals surface area contributed by atoms with Gasteiger partial charge in [-0.3, -0.25) is 0 Å². The number of carbonyl (C=O) groups is 1. The molecule has 16 heavy (non-hydrogen) atoms. The summed E-state index contributed by atoms with van der Waals surface area (Å²) < 4.78 is 11.3. The average molecular weight is 227 g/mol. The summed E-state index contributed by atoms with van der Waals surface area (Å²) >= 11 is 0. The third kappa shape index (κ3) is 2.79. The fourth-order valence-electron chi connectivity index (χ4n) is 1.36. The molecule has 0 atom stereocenters. The molecule has 0 aliphatic carbocycles. The van der Waals surface area contributed by atoms with Gasteiger partial charge >= 0.3 is 5.97 Å². The van der Waals surface area contributed by atoms with Crippen LogP contribution < -0.4 is 0 Å². The monoisotopic (exact) mass is 227 g/mol. The van der Waals surface area contributed by atoms with E-state index in [4.69, 9.17) is 4.74 Å². The second-order valence-corrected chi connectivity index (χ2v) is 3.89. The Balaban J connectivity index is 3.01. The van der Waals surface area contributed by atoms with Crippen molar-refractivity contribution in [2.75, 3.05) is 14.2 Å². The van der Waals surface area contributed by atoms with Crippen molar-refractivity contribution in [1.82, 2.24) is 15.0 Å². The lowest BCUT2D eigenvalue weighted by Gasteiger charge is -2.08. The lowest BCUT2D eigenvalue weighted by Crippen LogP contribution is -2.13. The van der Waals surface area contributed by atoms with Gasteiger partial charge in [-0.15, -0.1) is 5.10 Å². The molecule has 0 spiro atoms. The van der Waals surface area contributed by atoms with Crippen molar-refractivity contribution in [3.05, 3.63) is 11.4 Å². The minimum Gasteiger partial charge on any atom is -0.464 e. The fourth-order valence-corrected chi connectivity index (χ4v) is 1.36. The maximum absolute atomic E-state index is 11.4. The molecule has 0 saturated carbocycles. The van der Waals surface area contributed by atoms with Crippen LogP contribution in [0.15, 0.2) is 0 Å². The van der Waals surface area contributed by atoms with E-state index in [2.05, 4.69) is 28.9 Å². The van der Waals surface area contributed by atoms with Gasteiger partial charge in [0.25, 0.3) is 0 Å². The second kappa shape index (κ2) is 5.60. The largest absolute Gasteiger partial charge is 0.464 e. The Kier molecular flexibility index (Phi) is 4.42. The van der Waals surface area contributed by atoms with Crippen molar-refractivity contribution in [3.8, 4) is 0 Å². The van der Waals surface area contributed by atoms with Gasteiger partial charge in [0.05, 0.1) is 19.4 Å². The van der Waals surface area contributed by atoms with Gasteiger partial charge in [0, 0.05) is 13.7 Å². The van der Waals surface area contributed by atoms with E-state index in [-0.39, 0.29) is 5.69 Å². The molecule has 1 aromatic rings. The van der Waals surface area contributed by atoms with E-state index in [1.807, 2.05) is 0 Å². The molecule has 0 amide bonds. The van der Waals surface area contributed by atoms with Crippen LogP contribution >= 0.6 is 0 Å². The van der Waals surface area contributed by atoms with Gasteiger partial charge in [0.15, 0.2) is 5.69 Å². The van der Waals surface area contributed by atoms with Crippen LogP contribution in [0, 0.1) is 5.92 Å². The van der Waals surface area contributed by atoms with Crippen molar-refractivity contribution in [2.45, 2.75) is 27.0 Å². The van der Waals surface area contributed by atoms with Gasteiger partial charge in [-0.25, -0.2) is 9.48 Å². The number of hydrogen-bond donors (Lipinski definition) is 0. The number of ether oxygens (including phenoxy) is 2. The first-order valence-electron chi connectivity index (χ1n) is 5.09. The van der Waals surface area contributed by atoms with Crippen LogP contribution in [0.25, 0.3) is 0 Å². The third-order valence-electron chi connectivity index (χ3n) is 2.04. The number of esters is 1. The molecule has 1 aromatic heterocycles. The van der Waals surface area contributed by atoms with Crippen LogP contribution in [0.5, 0.6) is 0 Å². The second-order valence-electron chi connectivity index (χ2n) is 3.89. The van der Waals surface area contributed by atoms with Gasteiger partial charge in [-0.1, -0.05) is 19.1 Å². The normalized spacial score (nSPS) is 10.8. The van der Waals surface area contributed by atoms with Gasteiger partial charge in [-0.05, 0) is 5.92 Å². The summed E-state index contributed by atoms with van der Waals surface area (Å²) in [6.07, 6.45) is 0. The Bertz CT molecular complexity index is 360. The summed E-state index contributed by atoms with van der Waals surface area (Å²) in [6, 6.07) is 0. The van der Waals surface area contributed by atoms with Crippen LogP contribution in [0.2, 0.25) is 0 Å². The Hall–Kier alpha value is -1.43. The molecule has 0 aliphatic rings. The van der Waals surface area contributed by atoms with E-state index >= 15 is 0 Å². The Labute approximate surface area is 94.5 Å². The molecule has 0 bridgehead atoms. The molecule has 6 heteroatoms. The first-order chi connectivity index (χ1) is 7.60. The molecule has 90 valence electrons. The number of carbonyl (C=O) groups excluding carboxylic acids is 1. The van der Waals surface area contributed by atoms with Crippen LogP contribution in [0.4, 0.5) is 0 Å². The summed E-state index contributed by atoms with van der Waals surface area (Å²) in [6.45, 7) is 5.12. The SMILES string of the molecule is COCc1c(C(=O)OC)nnn1CC(C)C. The fraction of sp³-hybridized carbons (Fsp3) is 0.700. The van der Waals surface area contributed by atoms with E-state index in [0.29, 0.717) is 24.8 Å². The van der Waals surface area contributed by atoms with Gasteiger partial charge < -0.3 is 9.47 Å². The maximum Gasteiger partial charge on any atom is 0.360 e. The first-order valence-corrected chi connectivity index (χ1v) is 5.09. The standard InChI is InChI=1S/C10H17N3O3/c1-7(2)5-13-8(6-15-3)9(11-12-13)10(14)16-4/h7H,5-6H2,1-4H3. The topological polar surface area (TPSA) is 66.2 Å². The van der Waals surface area contributed by atoms with Crippen LogP contribution in [-0.4, -0.2) is 35.2 Å². The Morgan fingerprint density at radius 1 is 1.44 bits per heavy atom. The van der Waals surface area contributed by atoms with Crippen LogP contribution in [0.3, 0.4) is 0 Å². The smallest absolute Gasteiger partial charge is 0.360 e. The van der Waals surface area contributed by atoms with Crippen molar-refractivity contribution in [1.29, 1.82) is 0 Å². The lowest BCUT2D eigenvalue weighted by molar-refractivity contribution is 0.0588. The number of nitrogens with zero attached hydrogens (tertiary/aromatic N) is 3.